The molecule has 21 heavy (non-hydrogen) atoms. The molecule has 0 bridgehead atoms. The summed E-state index contributed by atoms with van der Waals surface area (Å²) < 4.78 is 11.5. The predicted octanol–water partition coefficient (Wildman–Crippen LogP) is 5.34. The molecule has 0 aromatic carbocycles. The standard InChI is InChI=1S/C19H36O2/c1-5-10-16-18(20-16)13-19-17(21-19)12-9-7-6-8-11-15(4)14(2)3/h14-19H,5-13H2,1-4H3. The summed E-state index contributed by atoms with van der Waals surface area (Å²) in [6.45, 7) is 9.30. The second kappa shape index (κ2) is 8.53. The van der Waals surface area contributed by atoms with Crippen LogP contribution in [0, 0.1) is 11.8 Å². The summed E-state index contributed by atoms with van der Waals surface area (Å²) in [7, 11) is 0. The van der Waals surface area contributed by atoms with Crippen LogP contribution < -0.4 is 0 Å². The van der Waals surface area contributed by atoms with E-state index in [9.17, 15) is 0 Å². The molecule has 0 spiro atoms. The molecule has 0 aromatic heterocycles. The van der Waals surface area contributed by atoms with E-state index in [0.29, 0.717) is 24.4 Å². The van der Waals surface area contributed by atoms with Gasteiger partial charge in [-0.1, -0.05) is 66.2 Å². The summed E-state index contributed by atoms with van der Waals surface area (Å²) in [5.74, 6) is 1.72. The quantitative estimate of drug-likeness (QED) is 0.358. The van der Waals surface area contributed by atoms with Crippen molar-refractivity contribution >= 4 is 0 Å². The van der Waals surface area contributed by atoms with Gasteiger partial charge in [-0.15, -0.1) is 0 Å². The largest absolute Gasteiger partial charge is 0.369 e. The van der Waals surface area contributed by atoms with Crippen LogP contribution in [-0.4, -0.2) is 24.4 Å². The van der Waals surface area contributed by atoms with Crippen molar-refractivity contribution in [3.8, 4) is 0 Å². The van der Waals surface area contributed by atoms with Crippen molar-refractivity contribution in [2.24, 2.45) is 11.8 Å². The van der Waals surface area contributed by atoms with Gasteiger partial charge in [0.2, 0.25) is 0 Å². The lowest BCUT2D eigenvalue weighted by Crippen LogP contribution is -2.03. The molecule has 2 nitrogen and oxygen atoms in total. The molecule has 0 radical (unpaired) electrons. The highest BCUT2D eigenvalue weighted by Gasteiger charge is 2.47. The second-order valence-electron chi connectivity index (χ2n) is 7.66. The maximum atomic E-state index is 5.79. The van der Waals surface area contributed by atoms with E-state index >= 15 is 0 Å². The van der Waals surface area contributed by atoms with Crippen LogP contribution in [0.25, 0.3) is 0 Å². The predicted molar refractivity (Wildman–Crippen MR) is 88.6 cm³/mol. The van der Waals surface area contributed by atoms with Crippen molar-refractivity contribution < 1.29 is 9.47 Å². The van der Waals surface area contributed by atoms with E-state index < -0.39 is 0 Å². The van der Waals surface area contributed by atoms with Crippen molar-refractivity contribution in [1.82, 2.24) is 0 Å². The summed E-state index contributed by atoms with van der Waals surface area (Å²) in [5, 5.41) is 0. The third-order valence-electron chi connectivity index (χ3n) is 5.45. The highest BCUT2D eigenvalue weighted by molar-refractivity contribution is 4.94. The number of rotatable bonds is 12. The highest BCUT2D eigenvalue weighted by Crippen LogP contribution is 2.38. The Labute approximate surface area is 132 Å². The average Bonchev–Trinajstić information content (AvgIpc) is 3.34. The molecule has 5 atom stereocenters. The van der Waals surface area contributed by atoms with Crippen LogP contribution in [0.15, 0.2) is 0 Å². The number of ether oxygens (including phenoxy) is 2. The van der Waals surface area contributed by atoms with Crippen LogP contribution >= 0.6 is 0 Å². The summed E-state index contributed by atoms with van der Waals surface area (Å²) in [5.41, 5.74) is 0. The zero-order valence-electron chi connectivity index (χ0n) is 14.6. The Morgan fingerprint density at radius 2 is 1.38 bits per heavy atom. The SMILES string of the molecule is CCCC1OC1CC1OC1CCCCCCC(C)C(C)C. The molecule has 124 valence electrons. The molecule has 2 fully saturated rings. The minimum Gasteiger partial charge on any atom is -0.369 e. The van der Waals surface area contributed by atoms with E-state index in [1.165, 1.54) is 51.4 Å². The molecule has 2 rings (SSSR count). The molecule has 0 aliphatic carbocycles. The monoisotopic (exact) mass is 296 g/mol. The van der Waals surface area contributed by atoms with E-state index in [2.05, 4.69) is 27.7 Å². The summed E-state index contributed by atoms with van der Waals surface area (Å²) >= 11 is 0. The normalized spacial score (nSPS) is 32.4. The van der Waals surface area contributed by atoms with E-state index in [-0.39, 0.29) is 0 Å². The van der Waals surface area contributed by atoms with Crippen LogP contribution in [0.5, 0.6) is 0 Å². The van der Waals surface area contributed by atoms with Crippen molar-refractivity contribution in [1.29, 1.82) is 0 Å². The molecule has 2 saturated heterocycles. The second-order valence-corrected chi connectivity index (χ2v) is 7.66. The van der Waals surface area contributed by atoms with E-state index in [1.807, 2.05) is 0 Å². The molecule has 0 N–H and O–H groups in total. The first-order chi connectivity index (χ1) is 10.1. The Morgan fingerprint density at radius 1 is 0.762 bits per heavy atom. The highest BCUT2D eigenvalue weighted by atomic mass is 16.6. The summed E-state index contributed by atoms with van der Waals surface area (Å²) in [6, 6.07) is 0. The Hall–Kier alpha value is -0.0800. The van der Waals surface area contributed by atoms with Gasteiger partial charge in [0.1, 0.15) is 0 Å². The lowest BCUT2D eigenvalue weighted by Gasteiger charge is -2.14. The molecule has 5 unspecified atom stereocenters. The van der Waals surface area contributed by atoms with E-state index in [1.54, 1.807) is 0 Å². The van der Waals surface area contributed by atoms with Gasteiger partial charge in [0.15, 0.2) is 0 Å². The maximum absolute atomic E-state index is 5.79. The van der Waals surface area contributed by atoms with Crippen molar-refractivity contribution in [2.45, 2.75) is 110 Å². The third kappa shape index (κ3) is 6.28. The maximum Gasteiger partial charge on any atom is 0.0867 e. The van der Waals surface area contributed by atoms with Gasteiger partial charge in [-0.2, -0.15) is 0 Å². The van der Waals surface area contributed by atoms with Crippen LogP contribution in [0.4, 0.5) is 0 Å². The molecule has 2 aliphatic rings. The Kier molecular flexibility index (Phi) is 7.01. The Balaban J connectivity index is 1.38. The van der Waals surface area contributed by atoms with Crippen LogP contribution in [0.2, 0.25) is 0 Å². The average molecular weight is 296 g/mol. The Morgan fingerprint density at radius 3 is 2.00 bits per heavy atom. The Bertz CT molecular complexity index is 289. The molecule has 2 heteroatoms. The lowest BCUT2D eigenvalue weighted by atomic mass is 9.92. The minimum atomic E-state index is 0.525. The van der Waals surface area contributed by atoms with Gasteiger partial charge < -0.3 is 9.47 Å². The van der Waals surface area contributed by atoms with Crippen molar-refractivity contribution in [2.75, 3.05) is 0 Å². The topological polar surface area (TPSA) is 25.1 Å². The van der Waals surface area contributed by atoms with Gasteiger partial charge in [0.05, 0.1) is 24.4 Å². The fraction of sp³-hybridized carbons (Fsp3) is 1.00. The fourth-order valence-electron chi connectivity index (χ4n) is 3.29. The third-order valence-corrected chi connectivity index (χ3v) is 5.45. The van der Waals surface area contributed by atoms with Crippen LogP contribution in [-0.2, 0) is 9.47 Å². The summed E-state index contributed by atoms with van der Waals surface area (Å²) in [4.78, 5) is 0. The van der Waals surface area contributed by atoms with Gasteiger partial charge in [-0.3, -0.25) is 0 Å². The molecule has 0 aromatic rings. The molecule has 2 aliphatic heterocycles. The van der Waals surface area contributed by atoms with Gasteiger partial charge >= 0.3 is 0 Å². The van der Waals surface area contributed by atoms with Gasteiger partial charge in [0.25, 0.3) is 0 Å². The number of hydrogen-bond acceptors (Lipinski definition) is 2. The zero-order valence-corrected chi connectivity index (χ0v) is 14.6. The van der Waals surface area contributed by atoms with E-state index in [4.69, 9.17) is 9.47 Å². The lowest BCUT2D eigenvalue weighted by molar-refractivity contribution is 0.318. The number of hydrogen-bond donors (Lipinski definition) is 0. The minimum absolute atomic E-state index is 0.525. The summed E-state index contributed by atoms with van der Waals surface area (Å²) in [6.07, 6.45) is 14.0. The molecule has 0 saturated carbocycles. The molecule has 0 amide bonds. The van der Waals surface area contributed by atoms with E-state index in [0.717, 1.165) is 18.3 Å². The molecule has 2 heterocycles. The first-order valence-electron chi connectivity index (χ1n) is 9.42. The van der Waals surface area contributed by atoms with Gasteiger partial charge in [-0.25, -0.2) is 0 Å². The first-order valence-corrected chi connectivity index (χ1v) is 9.42. The van der Waals surface area contributed by atoms with Crippen molar-refractivity contribution in [3.63, 3.8) is 0 Å². The molecular weight excluding hydrogens is 260 g/mol. The fourth-order valence-corrected chi connectivity index (χ4v) is 3.29. The number of epoxide rings is 2. The zero-order chi connectivity index (χ0) is 15.2. The molecular formula is C19H36O2. The first kappa shape index (κ1) is 17.3. The van der Waals surface area contributed by atoms with Gasteiger partial charge in [-0.05, 0) is 24.7 Å². The smallest absolute Gasteiger partial charge is 0.0867 e. The number of unbranched alkanes of at least 4 members (excludes halogenated alkanes) is 3. The van der Waals surface area contributed by atoms with Crippen molar-refractivity contribution in [3.05, 3.63) is 0 Å². The van der Waals surface area contributed by atoms with Gasteiger partial charge in [0, 0.05) is 6.42 Å². The van der Waals surface area contributed by atoms with Crippen LogP contribution in [0.1, 0.15) is 85.5 Å². The van der Waals surface area contributed by atoms with Crippen LogP contribution in [0.3, 0.4) is 0 Å².